The Labute approximate surface area is 100 Å². The van der Waals surface area contributed by atoms with E-state index in [2.05, 4.69) is 10.5 Å². The Bertz CT molecular complexity index is 355. The molecule has 90 valence electrons. The van der Waals surface area contributed by atoms with Gasteiger partial charge in [0.1, 0.15) is 11.1 Å². The summed E-state index contributed by atoms with van der Waals surface area (Å²) in [6.45, 7) is 7.98. The second-order valence-electron chi connectivity index (χ2n) is 4.00. The molecule has 0 spiro atoms. The number of aryl methyl sites for hydroxylation is 2. The molecule has 0 aliphatic carbocycles. The van der Waals surface area contributed by atoms with E-state index in [0.29, 0.717) is 6.54 Å². The van der Waals surface area contributed by atoms with Gasteiger partial charge in [-0.05, 0) is 20.8 Å². The number of amides is 1. The quantitative estimate of drug-likeness (QED) is 0.826. The van der Waals surface area contributed by atoms with E-state index in [4.69, 9.17) is 16.1 Å². The maximum atomic E-state index is 11.3. The molecule has 0 aromatic carbocycles. The first-order valence-corrected chi connectivity index (χ1v) is 5.71. The van der Waals surface area contributed by atoms with Gasteiger partial charge in [-0.25, -0.2) is 0 Å². The third kappa shape index (κ3) is 2.98. The molecule has 1 rings (SSSR count). The summed E-state index contributed by atoms with van der Waals surface area (Å²) in [7, 11) is 0. The SMILES string of the molecule is Cc1noc(C)c1C(C)CNC(=O)C(C)Cl. The molecule has 4 nitrogen and oxygen atoms in total. The largest absolute Gasteiger partial charge is 0.361 e. The minimum Gasteiger partial charge on any atom is -0.361 e. The molecule has 1 aromatic rings. The van der Waals surface area contributed by atoms with Gasteiger partial charge in [-0.1, -0.05) is 12.1 Å². The molecule has 0 fully saturated rings. The van der Waals surface area contributed by atoms with Crippen molar-refractivity contribution in [3.05, 3.63) is 17.0 Å². The van der Waals surface area contributed by atoms with Crippen molar-refractivity contribution in [2.75, 3.05) is 6.54 Å². The molecular formula is C11H17ClN2O2. The molecular weight excluding hydrogens is 228 g/mol. The molecule has 0 radical (unpaired) electrons. The average molecular weight is 245 g/mol. The van der Waals surface area contributed by atoms with Gasteiger partial charge in [-0.2, -0.15) is 0 Å². The lowest BCUT2D eigenvalue weighted by Crippen LogP contribution is -2.32. The average Bonchev–Trinajstić information content (AvgIpc) is 2.54. The maximum absolute atomic E-state index is 11.3. The number of hydrogen-bond acceptors (Lipinski definition) is 3. The number of halogens is 1. The molecule has 0 aliphatic rings. The smallest absolute Gasteiger partial charge is 0.237 e. The molecule has 0 aliphatic heterocycles. The van der Waals surface area contributed by atoms with Crippen LogP contribution in [0.25, 0.3) is 0 Å². The normalized spacial score (nSPS) is 14.6. The number of carbonyl (C=O) groups excluding carboxylic acids is 1. The molecule has 1 amide bonds. The van der Waals surface area contributed by atoms with Crippen molar-refractivity contribution in [1.82, 2.24) is 10.5 Å². The summed E-state index contributed by atoms with van der Waals surface area (Å²) in [5.74, 6) is 0.823. The molecule has 2 unspecified atom stereocenters. The number of nitrogens with zero attached hydrogens (tertiary/aromatic N) is 1. The van der Waals surface area contributed by atoms with Crippen molar-refractivity contribution in [1.29, 1.82) is 0 Å². The standard InChI is InChI=1S/C11H17ClN2O2/c1-6(5-13-11(15)7(2)12)10-8(3)14-16-9(10)4/h6-7H,5H2,1-4H3,(H,13,15). The van der Waals surface area contributed by atoms with E-state index in [1.54, 1.807) is 6.92 Å². The predicted octanol–water partition coefficient (Wildman–Crippen LogP) is 2.14. The summed E-state index contributed by atoms with van der Waals surface area (Å²) in [6, 6.07) is 0. The van der Waals surface area contributed by atoms with Crippen molar-refractivity contribution < 1.29 is 9.32 Å². The summed E-state index contributed by atoms with van der Waals surface area (Å²) >= 11 is 5.66. The van der Waals surface area contributed by atoms with E-state index in [9.17, 15) is 4.79 Å². The van der Waals surface area contributed by atoms with Crippen LogP contribution in [0.5, 0.6) is 0 Å². The summed E-state index contributed by atoms with van der Waals surface area (Å²) in [6.07, 6.45) is 0. The van der Waals surface area contributed by atoms with E-state index in [-0.39, 0.29) is 11.8 Å². The van der Waals surface area contributed by atoms with Crippen LogP contribution in [0.3, 0.4) is 0 Å². The Morgan fingerprint density at radius 2 is 2.12 bits per heavy atom. The summed E-state index contributed by atoms with van der Waals surface area (Å²) < 4.78 is 5.08. The van der Waals surface area contributed by atoms with Crippen molar-refractivity contribution >= 4 is 17.5 Å². The van der Waals surface area contributed by atoms with Crippen LogP contribution in [0.2, 0.25) is 0 Å². The molecule has 0 saturated carbocycles. The minimum absolute atomic E-state index is 0.153. The zero-order valence-electron chi connectivity index (χ0n) is 10.0. The fourth-order valence-electron chi connectivity index (χ4n) is 1.69. The monoisotopic (exact) mass is 244 g/mol. The second-order valence-corrected chi connectivity index (χ2v) is 4.65. The zero-order valence-corrected chi connectivity index (χ0v) is 10.8. The number of rotatable bonds is 4. The van der Waals surface area contributed by atoms with Gasteiger partial charge in [0, 0.05) is 18.0 Å². The van der Waals surface area contributed by atoms with E-state index < -0.39 is 5.38 Å². The minimum atomic E-state index is -0.503. The van der Waals surface area contributed by atoms with E-state index in [0.717, 1.165) is 17.0 Å². The van der Waals surface area contributed by atoms with E-state index >= 15 is 0 Å². The van der Waals surface area contributed by atoms with Gasteiger partial charge in [-0.15, -0.1) is 11.6 Å². The first kappa shape index (κ1) is 13.0. The Kier molecular flexibility index (Phi) is 4.35. The first-order valence-electron chi connectivity index (χ1n) is 5.28. The molecule has 0 bridgehead atoms. The Hall–Kier alpha value is -1.03. The van der Waals surface area contributed by atoms with Crippen LogP contribution in [0, 0.1) is 13.8 Å². The Morgan fingerprint density at radius 1 is 1.50 bits per heavy atom. The molecule has 1 N–H and O–H groups in total. The molecule has 2 atom stereocenters. The van der Waals surface area contributed by atoms with E-state index in [1.165, 1.54) is 0 Å². The van der Waals surface area contributed by atoms with E-state index in [1.807, 2.05) is 20.8 Å². The second kappa shape index (κ2) is 5.34. The molecule has 0 saturated heterocycles. The van der Waals surface area contributed by atoms with Crippen LogP contribution in [0.1, 0.15) is 36.8 Å². The number of nitrogens with one attached hydrogen (secondary N) is 1. The van der Waals surface area contributed by atoms with Crippen LogP contribution in [0.15, 0.2) is 4.52 Å². The molecule has 16 heavy (non-hydrogen) atoms. The number of carbonyl (C=O) groups is 1. The lowest BCUT2D eigenvalue weighted by atomic mass is 9.99. The van der Waals surface area contributed by atoms with Crippen LogP contribution >= 0.6 is 11.6 Å². The number of alkyl halides is 1. The Balaban J connectivity index is 2.60. The van der Waals surface area contributed by atoms with Gasteiger partial charge in [0.05, 0.1) is 5.69 Å². The third-order valence-corrected chi connectivity index (χ3v) is 2.72. The summed E-state index contributed by atoms with van der Waals surface area (Å²) in [4.78, 5) is 11.3. The first-order chi connectivity index (χ1) is 7.43. The van der Waals surface area contributed by atoms with Crippen LogP contribution in [-0.2, 0) is 4.79 Å². The fraction of sp³-hybridized carbons (Fsp3) is 0.636. The number of aromatic nitrogens is 1. The Morgan fingerprint density at radius 3 is 2.56 bits per heavy atom. The topological polar surface area (TPSA) is 55.1 Å². The van der Waals surface area contributed by atoms with Crippen molar-refractivity contribution in [2.24, 2.45) is 0 Å². The fourth-order valence-corrected chi connectivity index (χ4v) is 1.77. The molecule has 1 heterocycles. The highest BCUT2D eigenvalue weighted by molar-refractivity contribution is 6.30. The van der Waals surface area contributed by atoms with Gasteiger partial charge < -0.3 is 9.84 Å². The van der Waals surface area contributed by atoms with Crippen molar-refractivity contribution in [3.63, 3.8) is 0 Å². The van der Waals surface area contributed by atoms with Crippen LogP contribution in [-0.4, -0.2) is 23.0 Å². The van der Waals surface area contributed by atoms with Gasteiger partial charge in [0.2, 0.25) is 5.91 Å². The van der Waals surface area contributed by atoms with Crippen molar-refractivity contribution in [3.8, 4) is 0 Å². The summed E-state index contributed by atoms with van der Waals surface area (Å²) in [5.41, 5.74) is 1.93. The lowest BCUT2D eigenvalue weighted by molar-refractivity contribution is -0.120. The van der Waals surface area contributed by atoms with Gasteiger partial charge in [-0.3, -0.25) is 4.79 Å². The number of hydrogen-bond donors (Lipinski definition) is 1. The highest BCUT2D eigenvalue weighted by atomic mass is 35.5. The van der Waals surface area contributed by atoms with Gasteiger partial charge >= 0.3 is 0 Å². The highest BCUT2D eigenvalue weighted by Crippen LogP contribution is 2.22. The predicted molar refractivity (Wildman–Crippen MR) is 62.7 cm³/mol. The van der Waals surface area contributed by atoms with Crippen molar-refractivity contribution in [2.45, 2.75) is 39.0 Å². The lowest BCUT2D eigenvalue weighted by Gasteiger charge is -2.13. The van der Waals surface area contributed by atoms with Gasteiger partial charge in [0.15, 0.2) is 0 Å². The van der Waals surface area contributed by atoms with Gasteiger partial charge in [0.25, 0.3) is 0 Å². The highest BCUT2D eigenvalue weighted by Gasteiger charge is 2.17. The zero-order chi connectivity index (χ0) is 12.3. The van der Waals surface area contributed by atoms with Crippen LogP contribution in [0.4, 0.5) is 0 Å². The molecule has 5 heteroatoms. The molecule has 1 aromatic heterocycles. The maximum Gasteiger partial charge on any atom is 0.237 e. The third-order valence-electron chi connectivity index (χ3n) is 2.53. The van der Waals surface area contributed by atoms with Crippen LogP contribution < -0.4 is 5.32 Å². The summed E-state index contributed by atoms with van der Waals surface area (Å²) in [5, 5.41) is 6.17.